The van der Waals surface area contributed by atoms with Crippen molar-refractivity contribution >= 4 is 34.0 Å². The maximum atomic E-state index is 12.5. The maximum absolute atomic E-state index is 12.5. The topological polar surface area (TPSA) is 70.1 Å². The van der Waals surface area contributed by atoms with E-state index in [0.717, 1.165) is 54.6 Å². The summed E-state index contributed by atoms with van der Waals surface area (Å²) in [4.78, 5) is 23.7. The van der Waals surface area contributed by atoms with Crippen LogP contribution < -0.4 is 10.6 Å². The molecule has 0 radical (unpaired) electrons. The highest BCUT2D eigenvalue weighted by Crippen LogP contribution is 2.26. The number of aromatic nitrogens is 2. The van der Waals surface area contributed by atoms with Crippen LogP contribution >= 0.6 is 0 Å². The molecule has 1 aliphatic rings. The molecule has 1 fully saturated rings. The molecule has 0 spiro atoms. The molecule has 4 rings (SSSR count). The fourth-order valence-corrected chi connectivity index (χ4v) is 3.72. The third-order valence-electron chi connectivity index (χ3n) is 5.48. The van der Waals surface area contributed by atoms with Crippen LogP contribution in [0.1, 0.15) is 25.3 Å². The highest BCUT2D eigenvalue weighted by molar-refractivity contribution is 6.02. The molecule has 0 bridgehead atoms. The van der Waals surface area contributed by atoms with Crippen LogP contribution in [-0.2, 0) is 4.79 Å². The summed E-state index contributed by atoms with van der Waals surface area (Å²) in [6, 6.07) is 13.2. The van der Waals surface area contributed by atoms with Crippen molar-refractivity contribution in [3.05, 3.63) is 66.0 Å². The van der Waals surface area contributed by atoms with Gasteiger partial charge in [-0.15, -0.1) is 6.42 Å². The molecule has 3 aromatic rings. The molecule has 2 aromatic carbocycles. The van der Waals surface area contributed by atoms with Gasteiger partial charge < -0.3 is 15.5 Å². The lowest BCUT2D eigenvalue weighted by Crippen LogP contribution is -2.30. The maximum Gasteiger partial charge on any atom is 0.248 e. The van der Waals surface area contributed by atoms with E-state index in [9.17, 15) is 4.79 Å². The van der Waals surface area contributed by atoms with Crippen LogP contribution in [0.3, 0.4) is 0 Å². The molecule has 1 amide bonds. The highest BCUT2D eigenvalue weighted by atomic mass is 16.1. The summed E-state index contributed by atoms with van der Waals surface area (Å²) < 4.78 is 0. The van der Waals surface area contributed by atoms with Gasteiger partial charge in [-0.1, -0.05) is 24.5 Å². The van der Waals surface area contributed by atoms with Crippen LogP contribution in [0.5, 0.6) is 0 Å². The second-order valence-corrected chi connectivity index (χ2v) is 7.53. The summed E-state index contributed by atoms with van der Waals surface area (Å²) in [6.45, 7) is 5.25. The van der Waals surface area contributed by atoms with Crippen molar-refractivity contribution in [1.29, 1.82) is 0 Å². The summed E-state index contributed by atoms with van der Waals surface area (Å²) in [5, 5.41) is 7.09. The van der Waals surface area contributed by atoms with Gasteiger partial charge in [0.25, 0.3) is 0 Å². The van der Waals surface area contributed by atoms with E-state index in [1.807, 2.05) is 42.5 Å². The number of hydrogen-bond acceptors (Lipinski definition) is 5. The molecule has 0 aliphatic carbocycles. The fourth-order valence-electron chi connectivity index (χ4n) is 3.72. The van der Waals surface area contributed by atoms with E-state index in [-0.39, 0.29) is 5.91 Å². The van der Waals surface area contributed by atoms with Crippen molar-refractivity contribution in [1.82, 2.24) is 14.9 Å². The number of likely N-dealkylation sites (tertiary alicyclic amines) is 1. The predicted molar refractivity (Wildman–Crippen MR) is 125 cm³/mol. The molecule has 31 heavy (non-hydrogen) atoms. The van der Waals surface area contributed by atoms with Crippen molar-refractivity contribution < 1.29 is 4.79 Å². The zero-order chi connectivity index (χ0) is 21.6. The molecular weight excluding hydrogens is 386 g/mol. The SMILES string of the molecule is C#Cc1cccc(Nc2ncnc3ccc(NC(=O)C=C4CCN(CC)CC4)cc23)c1. The normalized spacial score (nSPS) is 14.1. The van der Waals surface area contributed by atoms with E-state index in [2.05, 4.69) is 38.3 Å². The molecule has 6 heteroatoms. The van der Waals surface area contributed by atoms with Crippen LogP contribution in [-0.4, -0.2) is 40.4 Å². The van der Waals surface area contributed by atoms with Gasteiger partial charge in [0, 0.05) is 41.5 Å². The smallest absolute Gasteiger partial charge is 0.248 e. The number of piperidine rings is 1. The minimum Gasteiger partial charge on any atom is -0.340 e. The zero-order valence-electron chi connectivity index (χ0n) is 17.6. The first kappa shape index (κ1) is 20.6. The number of carbonyl (C=O) groups is 1. The molecule has 1 aliphatic heterocycles. The minimum atomic E-state index is -0.104. The Morgan fingerprint density at radius 1 is 1.16 bits per heavy atom. The molecule has 2 heterocycles. The first-order valence-corrected chi connectivity index (χ1v) is 10.5. The Morgan fingerprint density at radius 2 is 2.00 bits per heavy atom. The Bertz CT molecular complexity index is 1170. The average molecular weight is 412 g/mol. The number of carbonyl (C=O) groups excluding carboxylic acids is 1. The van der Waals surface area contributed by atoms with Gasteiger partial charge in [0.1, 0.15) is 12.1 Å². The Balaban J connectivity index is 1.53. The number of terminal acetylenes is 1. The van der Waals surface area contributed by atoms with Crippen LogP contribution in [0.2, 0.25) is 0 Å². The summed E-state index contributed by atoms with van der Waals surface area (Å²) in [7, 11) is 0. The van der Waals surface area contributed by atoms with Gasteiger partial charge in [0.15, 0.2) is 0 Å². The van der Waals surface area contributed by atoms with Crippen molar-refractivity contribution in [2.75, 3.05) is 30.3 Å². The van der Waals surface area contributed by atoms with Crippen LogP contribution in [0.4, 0.5) is 17.2 Å². The predicted octanol–water partition coefficient (Wildman–Crippen LogP) is 4.34. The monoisotopic (exact) mass is 411 g/mol. The molecule has 1 saturated heterocycles. The third-order valence-corrected chi connectivity index (χ3v) is 5.48. The van der Waals surface area contributed by atoms with Gasteiger partial charge >= 0.3 is 0 Å². The standard InChI is InChI=1S/C25H25N5O/c1-3-18-6-5-7-20(14-18)29-25-22-16-21(8-9-23(22)26-17-27-25)28-24(31)15-19-10-12-30(4-2)13-11-19/h1,5-9,14-17H,4,10-13H2,2H3,(H,28,31)(H,26,27,29). The lowest BCUT2D eigenvalue weighted by atomic mass is 10.0. The number of nitrogens with zero attached hydrogens (tertiary/aromatic N) is 3. The minimum absolute atomic E-state index is 0.104. The number of anilines is 3. The molecule has 0 saturated carbocycles. The Hall–Kier alpha value is -3.69. The molecule has 156 valence electrons. The molecule has 1 aromatic heterocycles. The largest absolute Gasteiger partial charge is 0.340 e. The summed E-state index contributed by atoms with van der Waals surface area (Å²) in [5.41, 5.74) is 4.31. The molecular formula is C25H25N5O. The van der Waals surface area contributed by atoms with Crippen LogP contribution in [0.15, 0.2) is 60.4 Å². The number of benzene rings is 2. The Kier molecular flexibility index (Phi) is 6.25. The number of rotatable bonds is 5. The van der Waals surface area contributed by atoms with Crippen molar-refractivity contribution in [3.63, 3.8) is 0 Å². The van der Waals surface area contributed by atoms with Crippen molar-refractivity contribution in [2.45, 2.75) is 19.8 Å². The van der Waals surface area contributed by atoms with Crippen LogP contribution in [0.25, 0.3) is 10.9 Å². The number of fused-ring (bicyclic) bond motifs is 1. The van der Waals surface area contributed by atoms with E-state index in [4.69, 9.17) is 6.42 Å². The van der Waals surface area contributed by atoms with E-state index in [0.29, 0.717) is 11.5 Å². The second-order valence-electron chi connectivity index (χ2n) is 7.53. The van der Waals surface area contributed by atoms with Gasteiger partial charge in [0.05, 0.1) is 5.52 Å². The van der Waals surface area contributed by atoms with Crippen molar-refractivity contribution in [2.24, 2.45) is 0 Å². The Labute approximate surface area is 182 Å². The average Bonchev–Trinajstić information content (AvgIpc) is 2.80. The lowest BCUT2D eigenvalue weighted by Gasteiger charge is -2.26. The quantitative estimate of drug-likeness (QED) is 0.483. The lowest BCUT2D eigenvalue weighted by molar-refractivity contribution is -0.112. The molecule has 0 atom stereocenters. The van der Waals surface area contributed by atoms with Gasteiger partial charge in [-0.05, 0) is 55.8 Å². The van der Waals surface area contributed by atoms with Crippen molar-refractivity contribution in [3.8, 4) is 12.3 Å². The van der Waals surface area contributed by atoms with E-state index >= 15 is 0 Å². The molecule has 6 nitrogen and oxygen atoms in total. The molecule has 0 unspecified atom stereocenters. The first-order valence-electron chi connectivity index (χ1n) is 10.5. The summed E-state index contributed by atoms with van der Waals surface area (Å²) >= 11 is 0. The summed E-state index contributed by atoms with van der Waals surface area (Å²) in [5.74, 6) is 3.18. The number of amides is 1. The third kappa shape index (κ3) is 5.08. The number of nitrogens with one attached hydrogen (secondary N) is 2. The number of hydrogen-bond donors (Lipinski definition) is 2. The highest BCUT2D eigenvalue weighted by Gasteiger charge is 2.13. The van der Waals surface area contributed by atoms with Gasteiger partial charge in [-0.25, -0.2) is 9.97 Å². The fraction of sp³-hybridized carbons (Fsp3) is 0.240. The van der Waals surface area contributed by atoms with E-state index in [1.54, 1.807) is 6.08 Å². The van der Waals surface area contributed by atoms with Gasteiger partial charge in [-0.3, -0.25) is 4.79 Å². The van der Waals surface area contributed by atoms with Gasteiger partial charge in [-0.2, -0.15) is 0 Å². The zero-order valence-corrected chi connectivity index (χ0v) is 17.6. The Morgan fingerprint density at radius 3 is 2.77 bits per heavy atom. The van der Waals surface area contributed by atoms with Crippen LogP contribution in [0, 0.1) is 12.3 Å². The summed E-state index contributed by atoms with van der Waals surface area (Å²) in [6.07, 6.45) is 10.6. The van der Waals surface area contributed by atoms with E-state index in [1.165, 1.54) is 11.9 Å². The first-order chi connectivity index (χ1) is 15.1. The van der Waals surface area contributed by atoms with Gasteiger partial charge in [0.2, 0.25) is 5.91 Å². The molecule has 2 N–H and O–H groups in total. The second kappa shape index (κ2) is 9.41. The van der Waals surface area contributed by atoms with E-state index < -0.39 is 0 Å².